The first-order chi connectivity index (χ1) is 7.54. The Balaban J connectivity index is 2.43. The molecule has 2 rings (SSSR count). The van der Waals surface area contributed by atoms with E-state index >= 15 is 0 Å². The van der Waals surface area contributed by atoms with Crippen molar-refractivity contribution in [2.75, 3.05) is 7.11 Å². The lowest BCUT2D eigenvalue weighted by molar-refractivity contribution is 0.0112. The van der Waals surface area contributed by atoms with E-state index in [0.717, 1.165) is 18.5 Å². The lowest BCUT2D eigenvalue weighted by Crippen LogP contribution is -2.25. The van der Waals surface area contributed by atoms with Gasteiger partial charge in [-0.15, -0.1) is 0 Å². The molecule has 0 saturated heterocycles. The molecule has 0 unspecified atom stereocenters. The predicted octanol–water partition coefficient (Wildman–Crippen LogP) is 1.88. The number of ether oxygens (including phenoxy) is 1. The van der Waals surface area contributed by atoms with Gasteiger partial charge in [-0.3, -0.25) is 4.79 Å². The van der Waals surface area contributed by atoms with Crippen LogP contribution >= 0.6 is 0 Å². The van der Waals surface area contributed by atoms with Crippen LogP contribution in [0.3, 0.4) is 0 Å². The highest BCUT2D eigenvalue weighted by Gasteiger charge is 2.26. The number of carbonyl (C=O) groups excluding carboxylic acids is 1. The van der Waals surface area contributed by atoms with Gasteiger partial charge in [-0.2, -0.15) is 0 Å². The van der Waals surface area contributed by atoms with Crippen molar-refractivity contribution in [3.63, 3.8) is 0 Å². The monoisotopic (exact) mass is 220 g/mol. The Hall–Kier alpha value is -1.29. The number of carbonyl (C=O) groups is 1. The maximum Gasteiger partial charge on any atom is 0.166 e. The standard InChI is InChI=1S/C12H16N2O2/c1-12(2,16-3)11-13-7-8-9(14-11)5-4-6-10(8)15/h7H,4-6H2,1-3H3. The SMILES string of the molecule is COC(C)(C)c1ncc2c(n1)CCCC2=O. The van der Waals surface area contributed by atoms with Gasteiger partial charge in [0.05, 0.1) is 11.3 Å². The van der Waals surface area contributed by atoms with E-state index in [9.17, 15) is 4.79 Å². The van der Waals surface area contributed by atoms with Crippen LogP contribution in [0.5, 0.6) is 0 Å². The van der Waals surface area contributed by atoms with Crippen molar-refractivity contribution in [2.45, 2.75) is 38.7 Å². The first kappa shape index (κ1) is 11.2. The zero-order valence-corrected chi connectivity index (χ0v) is 9.91. The van der Waals surface area contributed by atoms with Crippen molar-refractivity contribution in [2.24, 2.45) is 0 Å². The molecule has 86 valence electrons. The summed E-state index contributed by atoms with van der Waals surface area (Å²) in [5, 5.41) is 0. The third kappa shape index (κ3) is 1.85. The molecule has 1 aromatic heterocycles. The molecule has 0 N–H and O–H groups in total. The highest BCUT2D eigenvalue weighted by atomic mass is 16.5. The van der Waals surface area contributed by atoms with Gasteiger partial charge in [0.1, 0.15) is 5.60 Å². The Morgan fingerprint density at radius 2 is 2.12 bits per heavy atom. The smallest absolute Gasteiger partial charge is 0.166 e. The molecular weight excluding hydrogens is 204 g/mol. The molecule has 4 heteroatoms. The molecule has 1 aromatic rings. The molecule has 0 fully saturated rings. The first-order valence-corrected chi connectivity index (χ1v) is 5.49. The van der Waals surface area contributed by atoms with E-state index in [4.69, 9.17) is 4.74 Å². The first-order valence-electron chi connectivity index (χ1n) is 5.49. The van der Waals surface area contributed by atoms with Gasteiger partial charge < -0.3 is 4.74 Å². The minimum atomic E-state index is -0.504. The summed E-state index contributed by atoms with van der Waals surface area (Å²) in [6, 6.07) is 0. The van der Waals surface area contributed by atoms with Gasteiger partial charge in [0.25, 0.3) is 0 Å². The molecule has 0 bridgehead atoms. The maximum absolute atomic E-state index is 11.6. The van der Waals surface area contributed by atoms with Gasteiger partial charge in [-0.1, -0.05) is 0 Å². The number of methoxy groups -OCH3 is 1. The fourth-order valence-corrected chi connectivity index (χ4v) is 1.77. The van der Waals surface area contributed by atoms with Gasteiger partial charge in [0.2, 0.25) is 0 Å². The maximum atomic E-state index is 11.6. The Morgan fingerprint density at radius 3 is 2.81 bits per heavy atom. The number of aromatic nitrogens is 2. The molecule has 0 amide bonds. The molecule has 0 aromatic carbocycles. The topological polar surface area (TPSA) is 52.1 Å². The van der Waals surface area contributed by atoms with Crippen LogP contribution in [0, 0.1) is 0 Å². The summed E-state index contributed by atoms with van der Waals surface area (Å²) in [6.45, 7) is 3.83. The zero-order chi connectivity index (χ0) is 11.8. The molecule has 0 atom stereocenters. The van der Waals surface area contributed by atoms with E-state index in [1.807, 2.05) is 13.8 Å². The number of Topliss-reactive ketones (excluding diaryl/α,β-unsaturated/α-hetero) is 1. The second-order valence-corrected chi connectivity index (χ2v) is 4.55. The van der Waals surface area contributed by atoms with Gasteiger partial charge in [0, 0.05) is 19.7 Å². The summed E-state index contributed by atoms with van der Waals surface area (Å²) in [7, 11) is 1.63. The minimum absolute atomic E-state index is 0.156. The molecular formula is C12H16N2O2. The number of rotatable bonds is 2. The van der Waals surface area contributed by atoms with Crippen LogP contribution in [-0.4, -0.2) is 22.9 Å². The third-order valence-corrected chi connectivity index (χ3v) is 3.03. The van der Waals surface area contributed by atoms with Crippen molar-refractivity contribution >= 4 is 5.78 Å². The second-order valence-electron chi connectivity index (χ2n) is 4.55. The molecule has 0 aliphatic heterocycles. The predicted molar refractivity (Wildman–Crippen MR) is 59.3 cm³/mol. The summed E-state index contributed by atoms with van der Waals surface area (Å²) in [4.78, 5) is 20.3. The molecule has 1 heterocycles. The van der Waals surface area contributed by atoms with Crippen LogP contribution in [0.25, 0.3) is 0 Å². The largest absolute Gasteiger partial charge is 0.371 e. The van der Waals surface area contributed by atoms with Crippen molar-refractivity contribution in [3.05, 3.63) is 23.3 Å². The Bertz CT molecular complexity index is 427. The highest BCUT2D eigenvalue weighted by Crippen LogP contribution is 2.24. The van der Waals surface area contributed by atoms with Gasteiger partial charge >= 0.3 is 0 Å². The average molecular weight is 220 g/mol. The molecule has 0 saturated carbocycles. The number of fused-ring (bicyclic) bond motifs is 1. The number of nitrogens with zero attached hydrogens (tertiary/aromatic N) is 2. The molecule has 16 heavy (non-hydrogen) atoms. The minimum Gasteiger partial charge on any atom is -0.371 e. The summed E-state index contributed by atoms with van der Waals surface area (Å²) < 4.78 is 5.33. The van der Waals surface area contributed by atoms with E-state index in [1.54, 1.807) is 13.3 Å². The molecule has 0 radical (unpaired) electrons. The van der Waals surface area contributed by atoms with E-state index in [2.05, 4.69) is 9.97 Å². The summed E-state index contributed by atoms with van der Waals surface area (Å²) in [5.41, 5.74) is 1.04. The number of ketones is 1. The van der Waals surface area contributed by atoms with Crippen LogP contribution in [0.2, 0.25) is 0 Å². The average Bonchev–Trinajstić information content (AvgIpc) is 2.29. The Labute approximate surface area is 95.1 Å². The van der Waals surface area contributed by atoms with Crippen LogP contribution in [0.4, 0.5) is 0 Å². The van der Waals surface area contributed by atoms with Crippen LogP contribution in [-0.2, 0) is 16.8 Å². The van der Waals surface area contributed by atoms with E-state index < -0.39 is 5.60 Å². The van der Waals surface area contributed by atoms with Crippen molar-refractivity contribution < 1.29 is 9.53 Å². The van der Waals surface area contributed by atoms with Crippen LogP contribution < -0.4 is 0 Å². The van der Waals surface area contributed by atoms with Crippen molar-refractivity contribution in [3.8, 4) is 0 Å². The molecule has 4 nitrogen and oxygen atoms in total. The second kappa shape index (κ2) is 3.94. The lowest BCUT2D eigenvalue weighted by atomic mass is 9.95. The van der Waals surface area contributed by atoms with Crippen LogP contribution in [0.15, 0.2) is 6.20 Å². The van der Waals surface area contributed by atoms with Gasteiger partial charge in [0.15, 0.2) is 11.6 Å². The fraction of sp³-hybridized carbons (Fsp3) is 0.583. The molecule has 0 spiro atoms. The Morgan fingerprint density at radius 1 is 1.38 bits per heavy atom. The molecule has 1 aliphatic rings. The van der Waals surface area contributed by atoms with E-state index in [1.165, 1.54) is 0 Å². The van der Waals surface area contributed by atoms with E-state index in [-0.39, 0.29) is 5.78 Å². The fourth-order valence-electron chi connectivity index (χ4n) is 1.77. The van der Waals surface area contributed by atoms with Crippen LogP contribution in [0.1, 0.15) is 48.6 Å². The molecule has 1 aliphatic carbocycles. The summed E-state index contributed by atoms with van der Waals surface area (Å²) in [5.74, 6) is 0.798. The van der Waals surface area contributed by atoms with Gasteiger partial charge in [-0.25, -0.2) is 9.97 Å². The van der Waals surface area contributed by atoms with Crippen molar-refractivity contribution in [1.29, 1.82) is 0 Å². The van der Waals surface area contributed by atoms with Crippen molar-refractivity contribution in [1.82, 2.24) is 9.97 Å². The summed E-state index contributed by atoms with van der Waals surface area (Å²) >= 11 is 0. The number of aryl methyl sites for hydroxylation is 1. The number of hydrogen-bond donors (Lipinski definition) is 0. The zero-order valence-electron chi connectivity index (χ0n) is 9.91. The lowest BCUT2D eigenvalue weighted by Gasteiger charge is -2.23. The third-order valence-electron chi connectivity index (χ3n) is 3.03. The highest BCUT2D eigenvalue weighted by molar-refractivity contribution is 5.97. The van der Waals surface area contributed by atoms with E-state index in [0.29, 0.717) is 17.8 Å². The Kier molecular flexibility index (Phi) is 2.76. The normalized spacial score (nSPS) is 16.1. The summed E-state index contributed by atoms with van der Waals surface area (Å²) in [6.07, 6.45) is 4.00. The quantitative estimate of drug-likeness (QED) is 0.763. The number of hydrogen-bond acceptors (Lipinski definition) is 4. The van der Waals surface area contributed by atoms with Gasteiger partial charge in [-0.05, 0) is 26.7 Å².